The van der Waals surface area contributed by atoms with Crippen molar-refractivity contribution < 1.29 is 31.9 Å². The number of hydrogen-bond acceptors (Lipinski definition) is 5. The van der Waals surface area contributed by atoms with E-state index in [0.29, 0.717) is 31.9 Å². The molecule has 0 aliphatic carbocycles. The number of morpholine rings is 1. The Morgan fingerprint density at radius 1 is 0.927 bits per heavy atom. The van der Waals surface area contributed by atoms with E-state index >= 15 is 0 Å². The first kappa shape index (κ1) is 30.1. The molecular formula is C30H35F3N4O4. The summed E-state index contributed by atoms with van der Waals surface area (Å²) in [5.74, 6) is 1.07. The zero-order valence-electron chi connectivity index (χ0n) is 23.0. The molecule has 0 saturated carbocycles. The van der Waals surface area contributed by atoms with Crippen LogP contribution >= 0.6 is 0 Å². The van der Waals surface area contributed by atoms with Crippen LogP contribution in [-0.2, 0) is 28.8 Å². The quantitative estimate of drug-likeness (QED) is 0.333. The Labute approximate surface area is 237 Å². The normalized spacial score (nSPS) is 14.0. The minimum Gasteiger partial charge on any atom is -0.464 e. The second-order valence-electron chi connectivity index (χ2n) is 9.98. The molecule has 220 valence electrons. The molecule has 11 heteroatoms. The lowest BCUT2D eigenvalue weighted by molar-refractivity contribution is -0.137. The van der Waals surface area contributed by atoms with Crippen LogP contribution < -0.4 is 5.32 Å². The van der Waals surface area contributed by atoms with E-state index in [-0.39, 0.29) is 31.2 Å². The highest BCUT2D eigenvalue weighted by Crippen LogP contribution is 2.29. The van der Waals surface area contributed by atoms with Crippen molar-refractivity contribution in [3.63, 3.8) is 0 Å². The van der Waals surface area contributed by atoms with Gasteiger partial charge in [-0.15, -0.1) is 0 Å². The summed E-state index contributed by atoms with van der Waals surface area (Å²) in [6, 6.07) is 16.8. The maximum atomic E-state index is 13.7. The molecule has 0 spiro atoms. The number of alkyl halides is 3. The molecule has 0 radical (unpaired) electrons. The molecule has 4 rings (SSSR count). The van der Waals surface area contributed by atoms with Gasteiger partial charge in [-0.05, 0) is 55.3 Å². The zero-order chi connectivity index (χ0) is 29.2. The van der Waals surface area contributed by atoms with Crippen molar-refractivity contribution >= 4 is 17.6 Å². The molecule has 41 heavy (non-hydrogen) atoms. The maximum absolute atomic E-state index is 13.7. The predicted octanol–water partition coefficient (Wildman–Crippen LogP) is 5.39. The average Bonchev–Trinajstić information content (AvgIpc) is 3.37. The van der Waals surface area contributed by atoms with E-state index in [4.69, 9.17) is 9.15 Å². The SMILES string of the molecule is Cc1ccc(CN(Cc2ccccc2)C(=O)CN(CCCN2CCOCC2)C(=O)Nc2ccc(C(F)(F)F)cc2)o1. The summed E-state index contributed by atoms with van der Waals surface area (Å²) in [5, 5.41) is 2.65. The number of aryl methyl sites for hydroxylation is 1. The summed E-state index contributed by atoms with van der Waals surface area (Å²) in [6.07, 6.45) is -3.86. The minimum atomic E-state index is -4.48. The summed E-state index contributed by atoms with van der Waals surface area (Å²) in [6.45, 7) is 6.07. The first-order chi connectivity index (χ1) is 19.7. The molecule has 8 nitrogen and oxygen atoms in total. The van der Waals surface area contributed by atoms with Crippen molar-refractivity contribution in [2.75, 3.05) is 51.3 Å². The molecule has 1 fully saturated rings. The monoisotopic (exact) mass is 572 g/mol. The fraction of sp³-hybridized carbons (Fsp3) is 0.400. The summed E-state index contributed by atoms with van der Waals surface area (Å²) >= 11 is 0. The first-order valence-corrected chi connectivity index (χ1v) is 13.6. The Balaban J connectivity index is 1.47. The van der Waals surface area contributed by atoms with Crippen LogP contribution in [0.2, 0.25) is 0 Å². The molecule has 0 unspecified atom stereocenters. The number of nitrogens with zero attached hydrogens (tertiary/aromatic N) is 3. The number of benzene rings is 2. The van der Waals surface area contributed by atoms with Crippen LogP contribution in [0.5, 0.6) is 0 Å². The highest BCUT2D eigenvalue weighted by atomic mass is 19.4. The van der Waals surface area contributed by atoms with E-state index in [1.165, 1.54) is 17.0 Å². The molecule has 2 aromatic carbocycles. The number of rotatable bonds is 11. The van der Waals surface area contributed by atoms with Crippen LogP contribution in [0.1, 0.15) is 29.1 Å². The van der Waals surface area contributed by atoms with Crippen molar-refractivity contribution in [1.29, 1.82) is 0 Å². The molecule has 2 heterocycles. The predicted molar refractivity (Wildman–Crippen MR) is 148 cm³/mol. The first-order valence-electron chi connectivity index (χ1n) is 13.6. The van der Waals surface area contributed by atoms with Gasteiger partial charge in [0.25, 0.3) is 0 Å². The van der Waals surface area contributed by atoms with Gasteiger partial charge >= 0.3 is 12.2 Å². The Morgan fingerprint density at radius 3 is 2.27 bits per heavy atom. The number of nitrogens with one attached hydrogen (secondary N) is 1. The van der Waals surface area contributed by atoms with Gasteiger partial charge < -0.3 is 24.3 Å². The summed E-state index contributed by atoms with van der Waals surface area (Å²) in [7, 11) is 0. The third-order valence-corrected chi connectivity index (χ3v) is 6.79. The van der Waals surface area contributed by atoms with E-state index in [1.807, 2.05) is 49.4 Å². The van der Waals surface area contributed by atoms with Gasteiger partial charge in [0, 0.05) is 38.4 Å². The number of urea groups is 1. The van der Waals surface area contributed by atoms with Gasteiger partial charge in [0.1, 0.15) is 18.1 Å². The topological polar surface area (TPSA) is 78.3 Å². The summed E-state index contributed by atoms with van der Waals surface area (Å²) < 4.78 is 50.1. The third kappa shape index (κ3) is 9.36. The number of halogens is 3. The van der Waals surface area contributed by atoms with Crippen molar-refractivity contribution in [2.24, 2.45) is 0 Å². The fourth-order valence-corrected chi connectivity index (χ4v) is 4.56. The molecule has 1 aromatic heterocycles. The smallest absolute Gasteiger partial charge is 0.416 e. The molecular weight excluding hydrogens is 537 g/mol. The third-order valence-electron chi connectivity index (χ3n) is 6.79. The second-order valence-corrected chi connectivity index (χ2v) is 9.98. The van der Waals surface area contributed by atoms with Crippen LogP contribution in [-0.4, -0.2) is 72.6 Å². The Bertz CT molecular complexity index is 1260. The summed E-state index contributed by atoms with van der Waals surface area (Å²) in [4.78, 5) is 32.3. The standard InChI is InChI=1S/C30H35F3N4O4/c1-23-8-13-27(41-23)21-37(20-24-6-3-2-4-7-24)28(38)22-36(15-5-14-35-16-18-40-19-17-35)29(39)34-26-11-9-25(10-12-26)30(31,32)33/h2-4,6-13H,5,14-22H2,1H3,(H,34,39). The van der Waals surface area contributed by atoms with E-state index in [0.717, 1.165) is 43.1 Å². The van der Waals surface area contributed by atoms with E-state index in [9.17, 15) is 22.8 Å². The van der Waals surface area contributed by atoms with Crippen LogP contribution in [0.25, 0.3) is 0 Å². The van der Waals surface area contributed by atoms with Crippen molar-refractivity contribution in [2.45, 2.75) is 32.6 Å². The van der Waals surface area contributed by atoms with Crippen molar-refractivity contribution in [3.05, 3.63) is 89.4 Å². The Hall–Kier alpha value is -3.83. The Morgan fingerprint density at radius 2 is 1.63 bits per heavy atom. The highest BCUT2D eigenvalue weighted by Gasteiger charge is 2.30. The number of ether oxygens (including phenoxy) is 1. The van der Waals surface area contributed by atoms with E-state index in [1.54, 1.807) is 4.90 Å². The number of anilines is 1. The number of carbonyl (C=O) groups is 2. The highest BCUT2D eigenvalue weighted by molar-refractivity contribution is 5.92. The van der Waals surface area contributed by atoms with Gasteiger partial charge in [0.05, 0.1) is 25.3 Å². The van der Waals surface area contributed by atoms with Gasteiger partial charge in [0.2, 0.25) is 5.91 Å². The summed E-state index contributed by atoms with van der Waals surface area (Å²) in [5.41, 5.74) is 0.329. The molecule has 3 amide bonds. The lowest BCUT2D eigenvalue weighted by Gasteiger charge is -2.30. The van der Waals surface area contributed by atoms with E-state index < -0.39 is 17.8 Å². The van der Waals surface area contributed by atoms with Crippen LogP contribution in [0.4, 0.5) is 23.7 Å². The second kappa shape index (κ2) is 14.2. The molecule has 1 saturated heterocycles. The largest absolute Gasteiger partial charge is 0.464 e. The van der Waals surface area contributed by atoms with Crippen LogP contribution in [0.15, 0.2) is 71.1 Å². The lowest BCUT2D eigenvalue weighted by Crippen LogP contribution is -2.45. The van der Waals surface area contributed by atoms with Gasteiger partial charge in [0.15, 0.2) is 0 Å². The van der Waals surface area contributed by atoms with E-state index in [2.05, 4.69) is 10.2 Å². The zero-order valence-corrected chi connectivity index (χ0v) is 23.0. The fourth-order valence-electron chi connectivity index (χ4n) is 4.56. The number of furan rings is 1. The van der Waals surface area contributed by atoms with Gasteiger partial charge in [-0.1, -0.05) is 30.3 Å². The number of carbonyl (C=O) groups excluding carboxylic acids is 2. The number of hydrogen-bond donors (Lipinski definition) is 1. The molecule has 1 aliphatic rings. The van der Waals surface area contributed by atoms with Crippen molar-refractivity contribution in [1.82, 2.24) is 14.7 Å². The molecule has 1 N–H and O–H groups in total. The molecule has 3 aromatic rings. The van der Waals surface area contributed by atoms with Gasteiger partial charge in [-0.2, -0.15) is 13.2 Å². The molecule has 0 bridgehead atoms. The average molecular weight is 573 g/mol. The molecule has 1 aliphatic heterocycles. The molecule has 0 atom stereocenters. The van der Waals surface area contributed by atoms with Gasteiger partial charge in [-0.3, -0.25) is 9.69 Å². The van der Waals surface area contributed by atoms with Crippen molar-refractivity contribution in [3.8, 4) is 0 Å². The minimum absolute atomic E-state index is 0.206. The van der Waals surface area contributed by atoms with Crippen LogP contribution in [0.3, 0.4) is 0 Å². The van der Waals surface area contributed by atoms with Gasteiger partial charge in [-0.25, -0.2) is 4.79 Å². The Kier molecular flexibility index (Phi) is 10.4. The maximum Gasteiger partial charge on any atom is 0.416 e. The van der Waals surface area contributed by atoms with Crippen LogP contribution in [0, 0.1) is 6.92 Å². The number of amides is 3. The lowest BCUT2D eigenvalue weighted by atomic mass is 10.2.